The summed E-state index contributed by atoms with van der Waals surface area (Å²) in [6, 6.07) is 11.3. The van der Waals surface area contributed by atoms with Gasteiger partial charge in [-0.2, -0.15) is 0 Å². The second-order valence-corrected chi connectivity index (χ2v) is 7.84. The molecule has 0 aromatic heterocycles. The monoisotopic (exact) mass is 423 g/mol. The molecule has 8 heteroatoms. The van der Waals surface area contributed by atoms with Gasteiger partial charge in [-0.25, -0.2) is 4.79 Å². The number of carbonyl (C=O) groups excluding carboxylic acids is 2. The van der Waals surface area contributed by atoms with E-state index in [2.05, 4.69) is 0 Å². The Morgan fingerprint density at radius 3 is 2.46 bits per heavy atom. The van der Waals surface area contributed by atoms with Gasteiger partial charge in [0.15, 0.2) is 0 Å². The minimum atomic E-state index is -0.578. The van der Waals surface area contributed by atoms with Crippen LogP contribution in [0.4, 0.5) is 0 Å². The molecule has 0 N–H and O–H groups in total. The number of carbonyl (C=O) groups is 2. The Labute approximate surface area is 169 Å². The van der Waals surface area contributed by atoms with Gasteiger partial charge >= 0.3 is 5.97 Å². The number of thiocarbonyl (C=S) groups is 1. The molecule has 132 valence electrons. The van der Waals surface area contributed by atoms with E-state index in [0.29, 0.717) is 20.0 Å². The molecular weight excluding hydrogens is 413 g/mol. The number of hydrogen-bond acceptors (Lipinski definition) is 5. The van der Waals surface area contributed by atoms with Crippen molar-refractivity contribution in [3.8, 4) is 5.75 Å². The Kier molecular flexibility index (Phi) is 5.67. The number of ether oxygens (including phenoxy) is 1. The van der Waals surface area contributed by atoms with Crippen LogP contribution in [0.2, 0.25) is 10.0 Å². The number of nitrogens with zero attached hydrogens (tertiary/aromatic N) is 1. The fraction of sp³-hybridized carbons (Fsp3) is 0.0556. The standard InChI is InChI=1S/C18H11Cl2NO3S2/c1-21-16(22)15(26-18(21)25)8-10-2-5-12(6-3-10)24-17(23)13-7-4-11(19)9-14(13)20/h2-9H,1H3/b15-8-. The van der Waals surface area contributed by atoms with Crippen molar-refractivity contribution in [1.82, 2.24) is 4.90 Å². The van der Waals surface area contributed by atoms with Crippen LogP contribution in [0.3, 0.4) is 0 Å². The molecule has 2 aromatic rings. The normalized spacial score (nSPS) is 15.7. The molecule has 26 heavy (non-hydrogen) atoms. The lowest BCUT2D eigenvalue weighted by atomic mass is 10.2. The SMILES string of the molecule is CN1C(=O)/C(=C/c2ccc(OC(=O)c3ccc(Cl)cc3Cl)cc2)SC1=S. The molecular formula is C18H11Cl2NO3S2. The Morgan fingerprint density at radius 1 is 1.19 bits per heavy atom. The van der Waals surface area contributed by atoms with Gasteiger partial charge in [-0.3, -0.25) is 9.69 Å². The van der Waals surface area contributed by atoms with Crippen molar-refractivity contribution in [3.63, 3.8) is 0 Å². The molecule has 1 saturated heterocycles. The summed E-state index contributed by atoms with van der Waals surface area (Å²) in [5, 5.41) is 0.661. The average Bonchev–Trinajstić information content (AvgIpc) is 2.83. The number of benzene rings is 2. The summed E-state index contributed by atoms with van der Waals surface area (Å²) in [5.74, 6) is -0.347. The van der Waals surface area contributed by atoms with E-state index in [1.165, 1.54) is 28.8 Å². The molecule has 1 aliphatic rings. The second-order valence-electron chi connectivity index (χ2n) is 5.32. The van der Waals surface area contributed by atoms with Gasteiger partial charge in [-0.15, -0.1) is 0 Å². The van der Waals surface area contributed by atoms with Crippen LogP contribution in [0.25, 0.3) is 6.08 Å². The molecule has 0 saturated carbocycles. The molecule has 1 fully saturated rings. The molecule has 4 nitrogen and oxygen atoms in total. The van der Waals surface area contributed by atoms with Gasteiger partial charge in [0.2, 0.25) is 0 Å². The molecule has 2 aromatic carbocycles. The highest BCUT2D eigenvalue weighted by Crippen LogP contribution is 2.31. The fourth-order valence-electron chi connectivity index (χ4n) is 2.15. The predicted octanol–water partition coefficient (Wildman–Crippen LogP) is 5.04. The summed E-state index contributed by atoms with van der Waals surface area (Å²) in [4.78, 5) is 26.2. The summed E-state index contributed by atoms with van der Waals surface area (Å²) < 4.78 is 5.83. The van der Waals surface area contributed by atoms with E-state index in [-0.39, 0.29) is 16.5 Å². The molecule has 1 amide bonds. The first-order valence-electron chi connectivity index (χ1n) is 7.34. The molecule has 0 bridgehead atoms. The van der Waals surface area contributed by atoms with Crippen LogP contribution >= 0.6 is 47.2 Å². The minimum absolute atomic E-state index is 0.132. The van der Waals surface area contributed by atoms with Crippen LogP contribution in [0, 0.1) is 0 Å². The highest BCUT2D eigenvalue weighted by molar-refractivity contribution is 8.26. The van der Waals surface area contributed by atoms with Crippen LogP contribution in [-0.2, 0) is 4.79 Å². The molecule has 1 aliphatic heterocycles. The van der Waals surface area contributed by atoms with E-state index in [0.717, 1.165) is 5.56 Å². The summed E-state index contributed by atoms with van der Waals surface area (Å²) >= 11 is 18.2. The average molecular weight is 424 g/mol. The first-order valence-corrected chi connectivity index (χ1v) is 9.32. The highest BCUT2D eigenvalue weighted by atomic mass is 35.5. The topological polar surface area (TPSA) is 46.6 Å². The van der Waals surface area contributed by atoms with Gasteiger partial charge in [0, 0.05) is 12.1 Å². The quantitative estimate of drug-likeness (QED) is 0.299. The van der Waals surface area contributed by atoms with Crippen LogP contribution in [-0.4, -0.2) is 28.1 Å². The van der Waals surface area contributed by atoms with Crippen molar-refractivity contribution in [1.29, 1.82) is 0 Å². The lowest BCUT2D eigenvalue weighted by molar-refractivity contribution is -0.121. The van der Waals surface area contributed by atoms with Crippen molar-refractivity contribution in [2.45, 2.75) is 0 Å². The second kappa shape index (κ2) is 7.80. The Hall–Kier alpha value is -1.86. The smallest absolute Gasteiger partial charge is 0.345 e. The zero-order valence-corrected chi connectivity index (χ0v) is 16.5. The molecule has 0 aliphatic carbocycles. The number of esters is 1. The summed E-state index contributed by atoms with van der Waals surface area (Å²) in [7, 11) is 1.64. The lowest BCUT2D eigenvalue weighted by Gasteiger charge is -2.06. The van der Waals surface area contributed by atoms with Crippen LogP contribution in [0.1, 0.15) is 15.9 Å². The van der Waals surface area contributed by atoms with Gasteiger partial charge < -0.3 is 4.74 Å². The lowest BCUT2D eigenvalue weighted by Crippen LogP contribution is -2.22. The van der Waals surface area contributed by atoms with Gasteiger partial charge in [-0.05, 0) is 42.0 Å². The van der Waals surface area contributed by atoms with E-state index in [1.807, 2.05) is 0 Å². The van der Waals surface area contributed by atoms with Gasteiger partial charge in [0.1, 0.15) is 10.1 Å². The van der Waals surface area contributed by atoms with Crippen molar-refractivity contribution in [2.75, 3.05) is 7.05 Å². The molecule has 0 spiro atoms. The van der Waals surface area contributed by atoms with Gasteiger partial charge in [0.25, 0.3) is 5.91 Å². The Balaban J connectivity index is 1.73. The third kappa shape index (κ3) is 4.10. The molecule has 0 unspecified atom stereocenters. The van der Waals surface area contributed by atoms with Crippen LogP contribution in [0.5, 0.6) is 5.75 Å². The molecule has 0 radical (unpaired) electrons. The Morgan fingerprint density at radius 2 is 1.88 bits per heavy atom. The van der Waals surface area contributed by atoms with Gasteiger partial charge in [0.05, 0.1) is 15.5 Å². The maximum Gasteiger partial charge on any atom is 0.345 e. The van der Waals surface area contributed by atoms with E-state index in [4.69, 9.17) is 40.2 Å². The van der Waals surface area contributed by atoms with Crippen molar-refractivity contribution < 1.29 is 14.3 Å². The first kappa shape index (κ1) is 18.9. The van der Waals surface area contributed by atoms with E-state index < -0.39 is 5.97 Å². The largest absolute Gasteiger partial charge is 0.423 e. The number of likely N-dealkylation sites (N-methyl/N-ethyl adjacent to an activating group) is 1. The summed E-state index contributed by atoms with van der Waals surface area (Å²) in [6.07, 6.45) is 1.74. The molecule has 3 rings (SSSR count). The van der Waals surface area contributed by atoms with E-state index in [9.17, 15) is 9.59 Å². The maximum atomic E-state index is 12.2. The number of halogens is 2. The van der Waals surface area contributed by atoms with Crippen molar-refractivity contribution >= 4 is 69.5 Å². The van der Waals surface area contributed by atoms with E-state index >= 15 is 0 Å². The summed E-state index contributed by atoms with van der Waals surface area (Å²) in [6.45, 7) is 0. The van der Waals surface area contributed by atoms with Gasteiger partial charge in [-0.1, -0.05) is 59.3 Å². The fourth-order valence-corrected chi connectivity index (χ4v) is 3.81. The highest BCUT2D eigenvalue weighted by Gasteiger charge is 2.28. The third-order valence-electron chi connectivity index (χ3n) is 3.53. The Bertz CT molecular complexity index is 942. The van der Waals surface area contributed by atoms with E-state index in [1.54, 1.807) is 43.5 Å². The van der Waals surface area contributed by atoms with Crippen LogP contribution < -0.4 is 4.74 Å². The molecule has 1 heterocycles. The van der Waals surface area contributed by atoms with Crippen molar-refractivity contribution in [3.05, 3.63) is 68.5 Å². The number of thioether (sulfide) groups is 1. The summed E-state index contributed by atoms with van der Waals surface area (Å²) in [5.41, 5.74) is 1.02. The maximum absolute atomic E-state index is 12.2. The van der Waals surface area contributed by atoms with Crippen molar-refractivity contribution in [2.24, 2.45) is 0 Å². The zero-order chi connectivity index (χ0) is 18.8. The number of amides is 1. The predicted molar refractivity (Wildman–Crippen MR) is 109 cm³/mol. The number of hydrogen-bond donors (Lipinski definition) is 0. The number of rotatable bonds is 3. The minimum Gasteiger partial charge on any atom is -0.423 e. The molecule has 0 atom stereocenters. The third-order valence-corrected chi connectivity index (χ3v) is 5.56. The first-order chi connectivity index (χ1) is 12.3. The zero-order valence-electron chi connectivity index (χ0n) is 13.4. The van der Waals surface area contributed by atoms with Crippen LogP contribution in [0.15, 0.2) is 47.4 Å².